The van der Waals surface area contributed by atoms with Crippen LogP contribution in [0.2, 0.25) is 0 Å². The quantitative estimate of drug-likeness (QED) is 0.423. The monoisotopic (exact) mass is 254 g/mol. The molecule has 0 aromatic carbocycles. The van der Waals surface area contributed by atoms with E-state index in [0.717, 1.165) is 0 Å². The molecule has 0 saturated carbocycles. The van der Waals surface area contributed by atoms with Gasteiger partial charge in [0.15, 0.2) is 0 Å². The van der Waals surface area contributed by atoms with E-state index in [1.54, 1.807) is 0 Å². The summed E-state index contributed by atoms with van der Waals surface area (Å²) in [6.07, 6.45) is -2.33. The molecule has 0 N–H and O–H groups in total. The summed E-state index contributed by atoms with van der Waals surface area (Å²) >= 11 is 0. The van der Waals surface area contributed by atoms with Gasteiger partial charge in [0.05, 0.1) is 0 Å². The van der Waals surface area contributed by atoms with Crippen LogP contribution in [0.1, 0.15) is 0 Å². The molecule has 4 nitrogen and oxygen atoms in total. The van der Waals surface area contributed by atoms with Gasteiger partial charge < -0.3 is 20.5 Å². The van der Waals surface area contributed by atoms with Crippen LogP contribution in [0.5, 0.6) is 0 Å². The van der Waals surface area contributed by atoms with Gasteiger partial charge in [0, 0.05) is 0 Å². The second kappa shape index (κ2) is 15.7. The zero-order chi connectivity index (χ0) is 3.58. The molecule has 0 bridgehead atoms. The third-order valence-electron chi connectivity index (χ3n) is 0. The zero-order valence-electron chi connectivity index (χ0n) is 3.55. The van der Waals surface area contributed by atoms with Crippen molar-refractivity contribution in [1.29, 1.82) is 0 Å². The van der Waals surface area contributed by atoms with Gasteiger partial charge in [-0.3, -0.25) is 0 Å². The van der Waals surface area contributed by atoms with Gasteiger partial charge in [-0.2, -0.15) is 0 Å². The summed E-state index contributed by atoms with van der Waals surface area (Å²) in [5.74, 6) is 0. The van der Waals surface area contributed by atoms with E-state index >= 15 is 0 Å². The fraction of sp³-hybridized carbons (Fsp3) is 0. The molecule has 0 fully saturated rings. The minimum Gasteiger partial charge on any atom is -2.00 e. The van der Waals surface area contributed by atoms with Crippen LogP contribution in [0, 0.1) is 0 Å². The minimum atomic E-state index is -2.33. The number of rotatable bonds is 0. The predicted molar refractivity (Wildman–Crippen MR) is 17.6 cm³/mol. The first-order chi connectivity index (χ1) is 1.73. The molecule has 0 aliphatic rings. The van der Waals surface area contributed by atoms with Crippen molar-refractivity contribution in [3.63, 3.8) is 0 Å². The summed E-state index contributed by atoms with van der Waals surface area (Å²) in [4.78, 5) is 8.33. The Morgan fingerprint density at radius 3 is 1.29 bits per heavy atom. The third kappa shape index (κ3) is 69.7. The van der Waals surface area contributed by atoms with Gasteiger partial charge in [-0.05, 0) is 6.16 Å². The van der Waals surface area contributed by atoms with E-state index in [2.05, 4.69) is 0 Å². The van der Waals surface area contributed by atoms with Gasteiger partial charge in [-0.1, -0.05) is 0 Å². The number of hydrogen-bond acceptors (Lipinski definition) is 3. The van der Waals surface area contributed by atoms with Crippen LogP contribution in [-0.4, -0.2) is 92.8 Å². The van der Waals surface area contributed by atoms with E-state index in [-0.39, 0.29) is 92.1 Å². The Labute approximate surface area is 111 Å². The molecule has 0 aliphatic heterocycles. The minimum absolute atomic E-state index is 0. The van der Waals surface area contributed by atoms with E-state index in [1.165, 1.54) is 0 Å². The Bertz CT molecular complexity index is 34.7. The molecule has 0 aliphatic carbocycles. The van der Waals surface area contributed by atoms with Crippen LogP contribution in [-0.2, 0) is 5.48 Å². The van der Waals surface area contributed by atoms with Gasteiger partial charge in [-0.25, -0.2) is 0 Å². The second-order valence-corrected chi connectivity index (χ2v) is 0.250. The van der Waals surface area contributed by atoms with Crippen molar-refractivity contribution < 1.29 is 20.5 Å². The Morgan fingerprint density at radius 1 is 1.29 bits per heavy atom. The molecular weight excluding hydrogens is 253 g/mol. The molecule has 0 aromatic rings. The molecule has 0 spiro atoms. The van der Waals surface area contributed by atoms with Crippen LogP contribution >= 0.6 is 0 Å². The van der Waals surface area contributed by atoms with Crippen molar-refractivity contribution in [1.82, 2.24) is 0 Å². The van der Waals surface area contributed by atoms with Crippen molar-refractivity contribution in [3.8, 4) is 0 Å². The topological polar surface area (TPSA) is 91.7 Å². The average Bonchev–Trinajstić information content (AvgIpc) is 0.811. The summed E-state index contributed by atoms with van der Waals surface area (Å²) in [5, 5.41) is 16.7. The maximum absolute atomic E-state index is 8.33. The van der Waals surface area contributed by atoms with E-state index in [9.17, 15) is 0 Å². The molecule has 0 heterocycles. The predicted octanol–water partition coefficient (Wildman–Crippen LogP) is -3.33. The molecule has 0 unspecified atom stereocenters. The van der Waals surface area contributed by atoms with Crippen molar-refractivity contribution in [2.75, 3.05) is 0 Å². The van der Waals surface area contributed by atoms with Crippen molar-refractivity contribution in [3.05, 3.63) is 0 Å². The van der Waals surface area contributed by atoms with Crippen LogP contribution < -0.4 is 10.2 Å². The summed E-state index contributed by atoms with van der Waals surface area (Å²) in [7, 11) is 0. The second-order valence-electron chi connectivity index (χ2n) is 0.250. The maximum atomic E-state index is 8.33. The molecule has 0 amide bonds. The van der Waals surface area contributed by atoms with Crippen LogP contribution in [0.25, 0.3) is 0 Å². The Hall–Kier alpha value is 2.06. The first-order valence-electron chi connectivity index (χ1n) is 0.612. The first-order valence-corrected chi connectivity index (χ1v) is 0.612. The molecule has 0 radical (unpaired) electrons. The van der Waals surface area contributed by atoms with E-state index in [4.69, 9.17) is 15.0 Å². The van der Waals surface area contributed by atoms with E-state index in [1.807, 2.05) is 0 Å². The number of carbonyl (C=O) groups is 1. The van der Waals surface area contributed by atoms with Crippen LogP contribution in [0.4, 0.5) is 4.79 Å². The Morgan fingerprint density at radius 2 is 1.29 bits per heavy atom. The molecular formula is CBaCaO4. The molecule has 7 heavy (non-hydrogen) atoms. The van der Waals surface area contributed by atoms with Gasteiger partial charge in [-0.15, -0.1) is 0 Å². The van der Waals surface area contributed by atoms with Crippen LogP contribution in [0.15, 0.2) is 0 Å². The van der Waals surface area contributed by atoms with Gasteiger partial charge >= 0.3 is 86.6 Å². The normalized spacial score (nSPS) is 3.43. The largest absolute Gasteiger partial charge is 2.00 e. The Balaban J connectivity index is -0.0000000150. The van der Waals surface area contributed by atoms with E-state index in [0.29, 0.717) is 0 Å². The average molecular weight is 253 g/mol. The van der Waals surface area contributed by atoms with E-state index < -0.39 is 6.16 Å². The SMILES string of the molecule is O=C([O-])[O-].[Ba+2].[Ca+2].[O-2]. The molecule has 0 atom stereocenters. The van der Waals surface area contributed by atoms with Crippen molar-refractivity contribution >= 4 is 92.8 Å². The molecule has 0 rings (SSSR count). The fourth-order valence-corrected chi connectivity index (χ4v) is 0. The van der Waals surface area contributed by atoms with Gasteiger partial charge in [0.25, 0.3) is 0 Å². The Kier molecular flexibility index (Phi) is 51.5. The van der Waals surface area contributed by atoms with Crippen molar-refractivity contribution in [2.24, 2.45) is 0 Å². The molecule has 32 valence electrons. The standard InChI is InChI=1S/CH2O3.Ba.Ca.O/c2-1(3)4;;;/h(H2,2,3,4);;;/q;2*+2;-2/p-2. The zero-order valence-corrected chi connectivity index (χ0v) is 10.2. The van der Waals surface area contributed by atoms with Crippen LogP contribution in [0.3, 0.4) is 0 Å². The van der Waals surface area contributed by atoms with Gasteiger partial charge in [0.1, 0.15) is 0 Å². The summed E-state index contributed by atoms with van der Waals surface area (Å²) in [5.41, 5.74) is 0. The van der Waals surface area contributed by atoms with Crippen molar-refractivity contribution in [2.45, 2.75) is 0 Å². The summed E-state index contributed by atoms with van der Waals surface area (Å²) in [6, 6.07) is 0. The fourth-order valence-electron chi connectivity index (χ4n) is 0. The number of hydrogen-bond donors (Lipinski definition) is 0. The molecule has 0 saturated heterocycles. The smallest absolute Gasteiger partial charge is 2.00 e. The molecule has 0 aromatic heterocycles. The number of carbonyl (C=O) groups excluding carboxylic acids is 1. The third-order valence-corrected chi connectivity index (χ3v) is 0. The molecule has 6 heteroatoms. The summed E-state index contributed by atoms with van der Waals surface area (Å²) < 4.78 is 0. The first kappa shape index (κ1) is 23.0. The maximum Gasteiger partial charge on any atom is 2.00 e. The summed E-state index contributed by atoms with van der Waals surface area (Å²) in [6.45, 7) is 0. The van der Waals surface area contributed by atoms with Gasteiger partial charge in [0.2, 0.25) is 0 Å². The number of carboxylic acid groups (broad SMARTS) is 2.